The van der Waals surface area contributed by atoms with Gasteiger partial charge in [0.15, 0.2) is 0 Å². The molecule has 0 atom stereocenters. The van der Waals surface area contributed by atoms with E-state index < -0.39 is 33.6 Å². The van der Waals surface area contributed by atoms with Crippen molar-refractivity contribution in [1.82, 2.24) is 0 Å². The standard InChI is InChI=1S/2C7H6NO2.Sn/c2*8-6-4-2-1-3-5(6)7(9)10;/h2*1-4,8H,(H,9,10);/q2*-1;+2. The number of para-hydroxylation sites is 2. The molecule has 6 nitrogen and oxygen atoms in total. The minimum atomic E-state index is -1.41. The van der Waals surface area contributed by atoms with E-state index in [0.29, 0.717) is 11.4 Å². The van der Waals surface area contributed by atoms with E-state index in [1.54, 1.807) is 36.4 Å². The number of anilines is 2. The van der Waals surface area contributed by atoms with Gasteiger partial charge in [-0.2, -0.15) is 0 Å². The van der Waals surface area contributed by atoms with Crippen LogP contribution in [0.3, 0.4) is 0 Å². The first-order valence-electron chi connectivity index (χ1n) is 6.01. The summed E-state index contributed by atoms with van der Waals surface area (Å²) in [7, 11) is 0. The van der Waals surface area contributed by atoms with Gasteiger partial charge in [-0.25, -0.2) is 0 Å². The van der Waals surface area contributed by atoms with Gasteiger partial charge in [-0.15, -0.1) is 0 Å². The molecule has 2 aromatic carbocycles. The number of carboxylic acid groups (broad SMARTS) is 2. The second-order valence-electron chi connectivity index (χ2n) is 4.08. The van der Waals surface area contributed by atoms with E-state index >= 15 is 0 Å². The van der Waals surface area contributed by atoms with Gasteiger partial charge in [0.05, 0.1) is 0 Å². The van der Waals surface area contributed by atoms with E-state index in [4.69, 9.17) is 10.2 Å². The van der Waals surface area contributed by atoms with Gasteiger partial charge in [0.1, 0.15) is 0 Å². The number of hydrogen-bond acceptors (Lipinski definition) is 4. The van der Waals surface area contributed by atoms with E-state index in [2.05, 4.69) is 7.08 Å². The summed E-state index contributed by atoms with van der Waals surface area (Å²) in [5, 5.41) is 18.2. The Morgan fingerprint density at radius 2 is 1.14 bits per heavy atom. The molecule has 2 radical (unpaired) electrons. The molecule has 0 aromatic heterocycles. The number of aromatic carboxylic acids is 2. The van der Waals surface area contributed by atoms with Gasteiger partial charge in [0.25, 0.3) is 0 Å². The Labute approximate surface area is 131 Å². The van der Waals surface area contributed by atoms with Crippen molar-refractivity contribution in [3.05, 3.63) is 59.7 Å². The normalized spacial score (nSPS) is 9.90. The first-order valence-corrected chi connectivity index (χ1v) is 8.86. The third kappa shape index (κ3) is 3.88. The minimum absolute atomic E-state index is 0.201. The Balaban J connectivity index is 2.06. The van der Waals surface area contributed by atoms with Crippen LogP contribution >= 0.6 is 0 Å². The quantitative estimate of drug-likeness (QED) is 0.564. The van der Waals surface area contributed by atoms with Crippen LogP contribution in [0.5, 0.6) is 0 Å². The molecule has 0 heterocycles. The van der Waals surface area contributed by atoms with E-state index in [-0.39, 0.29) is 11.1 Å². The summed E-state index contributed by atoms with van der Waals surface area (Å²) in [5.41, 5.74) is 1.48. The Morgan fingerprint density at radius 3 is 1.52 bits per heavy atom. The van der Waals surface area contributed by atoms with Crippen molar-refractivity contribution in [2.45, 2.75) is 0 Å². The molecule has 0 aliphatic carbocycles. The third-order valence-electron chi connectivity index (χ3n) is 2.71. The topological polar surface area (TPSA) is 98.7 Å². The molecule has 0 saturated heterocycles. The van der Waals surface area contributed by atoms with Crippen molar-refractivity contribution in [1.29, 1.82) is 0 Å². The summed E-state index contributed by atoms with van der Waals surface area (Å²) in [5.74, 6) is -1.99. The molecule has 0 aliphatic rings. The Hall–Kier alpha value is -2.22. The first-order chi connectivity index (χ1) is 10.1. The van der Waals surface area contributed by atoms with Gasteiger partial charge in [-0.1, -0.05) is 0 Å². The van der Waals surface area contributed by atoms with Crippen molar-refractivity contribution in [3.8, 4) is 0 Å². The summed E-state index contributed by atoms with van der Waals surface area (Å²) in [4.78, 5) is 22.2. The predicted octanol–water partition coefficient (Wildman–Crippen LogP) is 2.14. The van der Waals surface area contributed by atoms with Crippen LogP contribution in [0, 0.1) is 0 Å². The molecular weight excluding hydrogens is 379 g/mol. The zero-order chi connectivity index (χ0) is 15.2. The second-order valence-corrected chi connectivity index (χ2v) is 6.22. The summed E-state index contributed by atoms with van der Waals surface area (Å²) < 4.78 is 6.19. The Bertz CT molecular complexity index is 618. The van der Waals surface area contributed by atoms with Gasteiger partial charge >= 0.3 is 132 Å². The zero-order valence-corrected chi connectivity index (χ0v) is 13.7. The maximum atomic E-state index is 11.1. The molecule has 7 heteroatoms. The van der Waals surface area contributed by atoms with Crippen molar-refractivity contribution in [3.63, 3.8) is 0 Å². The van der Waals surface area contributed by atoms with Crippen LogP contribution in [-0.2, 0) is 0 Å². The molecule has 2 rings (SSSR count). The van der Waals surface area contributed by atoms with Crippen molar-refractivity contribution < 1.29 is 19.8 Å². The van der Waals surface area contributed by atoms with Crippen LogP contribution in [0.2, 0.25) is 0 Å². The average molecular weight is 391 g/mol. The maximum absolute atomic E-state index is 11.1. The van der Waals surface area contributed by atoms with Crippen LogP contribution < -0.4 is 7.08 Å². The molecule has 21 heavy (non-hydrogen) atoms. The van der Waals surface area contributed by atoms with Crippen molar-refractivity contribution in [2.24, 2.45) is 0 Å². The number of benzene rings is 2. The Morgan fingerprint density at radius 1 is 0.762 bits per heavy atom. The van der Waals surface area contributed by atoms with Crippen LogP contribution in [0.1, 0.15) is 20.7 Å². The fraction of sp³-hybridized carbons (Fsp3) is 0. The SMILES string of the molecule is O=C(O)c1ccccc1[NH][Sn][NH]c1ccccc1C(=O)O. The van der Waals surface area contributed by atoms with Crippen LogP contribution in [-0.4, -0.2) is 43.8 Å². The fourth-order valence-corrected chi connectivity index (χ4v) is 3.91. The zero-order valence-electron chi connectivity index (χ0n) is 10.8. The van der Waals surface area contributed by atoms with E-state index in [1.165, 1.54) is 12.1 Å². The van der Waals surface area contributed by atoms with Crippen LogP contribution in [0.25, 0.3) is 0 Å². The van der Waals surface area contributed by atoms with E-state index in [1.807, 2.05) is 0 Å². The number of hydrogen-bond donors (Lipinski definition) is 4. The fourth-order valence-electron chi connectivity index (χ4n) is 1.72. The van der Waals surface area contributed by atoms with Gasteiger partial charge in [0.2, 0.25) is 0 Å². The summed E-state index contributed by atoms with van der Waals surface area (Å²) in [6.45, 7) is 0. The molecule has 0 unspecified atom stereocenters. The monoisotopic (exact) mass is 392 g/mol. The summed E-state index contributed by atoms with van der Waals surface area (Å²) >= 11 is -1.41. The molecular formula is C14H12N2O4Sn. The molecule has 0 spiro atoms. The van der Waals surface area contributed by atoms with Gasteiger partial charge in [0, 0.05) is 0 Å². The molecule has 0 aliphatic heterocycles. The third-order valence-corrected chi connectivity index (χ3v) is 4.96. The summed E-state index contributed by atoms with van der Waals surface area (Å²) in [6.07, 6.45) is 0. The van der Waals surface area contributed by atoms with Gasteiger partial charge in [-0.3, -0.25) is 0 Å². The van der Waals surface area contributed by atoms with Gasteiger partial charge < -0.3 is 0 Å². The number of rotatable bonds is 6. The molecule has 0 fully saturated rings. The summed E-state index contributed by atoms with van der Waals surface area (Å²) in [6, 6.07) is 13.2. The molecule has 0 amide bonds. The van der Waals surface area contributed by atoms with Crippen molar-refractivity contribution >= 4 is 45.0 Å². The number of carbonyl (C=O) groups is 2. The first kappa shape index (κ1) is 15.2. The molecule has 0 bridgehead atoms. The average Bonchev–Trinajstić information content (AvgIpc) is 2.48. The van der Waals surface area contributed by atoms with Crippen LogP contribution in [0.4, 0.5) is 11.4 Å². The molecule has 106 valence electrons. The van der Waals surface area contributed by atoms with Crippen LogP contribution in [0.15, 0.2) is 48.5 Å². The molecule has 4 N–H and O–H groups in total. The molecule has 0 saturated carbocycles. The number of nitrogens with one attached hydrogen (secondary N) is 2. The van der Waals surface area contributed by atoms with E-state index in [0.717, 1.165) is 0 Å². The predicted molar refractivity (Wildman–Crippen MR) is 79.8 cm³/mol. The van der Waals surface area contributed by atoms with Crippen molar-refractivity contribution in [2.75, 3.05) is 7.08 Å². The van der Waals surface area contributed by atoms with Gasteiger partial charge in [-0.05, 0) is 0 Å². The number of carboxylic acids is 2. The Kier molecular flexibility index (Phi) is 5.04. The molecule has 2 aromatic rings. The van der Waals surface area contributed by atoms with E-state index in [9.17, 15) is 9.59 Å². The second kappa shape index (κ2) is 6.98.